The summed E-state index contributed by atoms with van der Waals surface area (Å²) >= 11 is 0. The van der Waals surface area contributed by atoms with E-state index in [1.807, 2.05) is 0 Å². The SMILES string of the molecule is CCC1CC(N2CCNCC2)CCO1. The van der Waals surface area contributed by atoms with E-state index in [4.69, 9.17) is 4.74 Å². The van der Waals surface area contributed by atoms with E-state index < -0.39 is 0 Å². The molecule has 2 aliphatic heterocycles. The Balaban J connectivity index is 1.83. The van der Waals surface area contributed by atoms with Gasteiger partial charge in [0.2, 0.25) is 0 Å². The van der Waals surface area contributed by atoms with E-state index in [0.717, 1.165) is 25.7 Å². The standard InChI is InChI=1S/C11H22N2O/c1-2-11-9-10(3-8-14-11)13-6-4-12-5-7-13/h10-12H,2-9H2,1H3. The van der Waals surface area contributed by atoms with Crippen LogP contribution >= 0.6 is 0 Å². The highest BCUT2D eigenvalue weighted by Crippen LogP contribution is 2.21. The lowest BCUT2D eigenvalue weighted by Gasteiger charge is -2.39. The first-order valence-corrected chi connectivity index (χ1v) is 5.96. The molecule has 2 atom stereocenters. The third-order valence-electron chi connectivity index (χ3n) is 3.46. The molecule has 0 aromatic heterocycles. The van der Waals surface area contributed by atoms with Crippen LogP contribution in [0.1, 0.15) is 26.2 Å². The highest BCUT2D eigenvalue weighted by molar-refractivity contribution is 4.81. The van der Waals surface area contributed by atoms with Crippen LogP contribution in [0, 0.1) is 0 Å². The smallest absolute Gasteiger partial charge is 0.0587 e. The van der Waals surface area contributed by atoms with Gasteiger partial charge in [-0.05, 0) is 19.3 Å². The van der Waals surface area contributed by atoms with E-state index in [-0.39, 0.29) is 0 Å². The third kappa shape index (κ3) is 2.47. The number of piperazine rings is 1. The maximum atomic E-state index is 5.71. The van der Waals surface area contributed by atoms with Gasteiger partial charge in [0.25, 0.3) is 0 Å². The zero-order chi connectivity index (χ0) is 9.80. The molecule has 82 valence electrons. The number of nitrogens with zero attached hydrogens (tertiary/aromatic N) is 1. The maximum Gasteiger partial charge on any atom is 0.0587 e. The number of hydrogen-bond donors (Lipinski definition) is 1. The third-order valence-corrected chi connectivity index (χ3v) is 3.46. The van der Waals surface area contributed by atoms with Crippen molar-refractivity contribution in [3.63, 3.8) is 0 Å². The second-order valence-electron chi connectivity index (χ2n) is 4.37. The molecule has 0 spiro atoms. The Morgan fingerprint density at radius 3 is 2.86 bits per heavy atom. The fourth-order valence-corrected chi connectivity index (χ4v) is 2.52. The minimum absolute atomic E-state index is 0.517. The van der Waals surface area contributed by atoms with E-state index >= 15 is 0 Å². The van der Waals surface area contributed by atoms with E-state index in [9.17, 15) is 0 Å². The Morgan fingerprint density at radius 1 is 1.36 bits per heavy atom. The van der Waals surface area contributed by atoms with Gasteiger partial charge >= 0.3 is 0 Å². The topological polar surface area (TPSA) is 24.5 Å². The van der Waals surface area contributed by atoms with Crippen molar-refractivity contribution < 1.29 is 4.74 Å². The lowest BCUT2D eigenvalue weighted by molar-refractivity contribution is -0.0303. The summed E-state index contributed by atoms with van der Waals surface area (Å²) in [5, 5.41) is 3.41. The molecular weight excluding hydrogens is 176 g/mol. The van der Waals surface area contributed by atoms with Crippen LogP contribution in [0.3, 0.4) is 0 Å². The molecule has 2 fully saturated rings. The van der Waals surface area contributed by atoms with Crippen molar-refractivity contribution in [3.05, 3.63) is 0 Å². The molecule has 2 unspecified atom stereocenters. The van der Waals surface area contributed by atoms with Crippen molar-refractivity contribution in [2.24, 2.45) is 0 Å². The highest BCUT2D eigenvalue weighted by atomic mass is 16.5. The number of nitrogens with one attached hydrogen (secondary N) is 1. The lowest BCUT2D eigenvalue weighted by atomic mass is 9.99. The van der Waals surface area contributed by atoms with Crippen molar-refractivity contribution in [2.75, 3.05) is 32.8 Å². The minimum atomic E-state index is 0.517. The van der Waals surface area contributed by atoms with E-state index in [1.165, 1.54) is 32.4 Å². The quantitative estimate of drug-likeness (QED) is 0.712. The molecule has 0 aromatic rings. The van der Waals surface area contributed by atoms with Crippen LogP contribution in [-0.4, -0.2) is 49.8 Å². The molecule has 1 N–H and O–H groups in total. The summed E-state index contributed by atoms with van der Waals surface area (Å²) < 4.78 is 5.71. The zero-order valence-corrected chi connectivity index (χ0v) is 9.17. The predicted molar refractivity (Wildman–Crippen MR) is 57.5 cm³/mol. The molecule has 0 saturated carbocycles. The van der Waals surface area contributed by atoms with Crippen LogP contribution in [0.15, 0.2) is 0 Å². The molecule has 0 aliphatic carbocycles. The summed E-state index contributed by atoms with van der Waals surface area (Å²) in [4.78, 5) is 2.64. The number of ether oxygens (including phenoxy) is 1. The van der Waals surface area contributed by atoms with Crippen LogP contribution in [0.4, 0.5) is 0 Å². The van der Waals surface area contributed by atoms with Crippen LogP contribution in [0.25, 0.3) is 0 Å². The first kappa shape index (κ1) is 10.4. The second-order valence-corrected chi connectivity index (χ2v) is 4.37. The van der Waals surface area contributed by atoms with Gasteiger partial charge in [0.05, 0.1) is 6.10 Å². The fraction of sp³-hybridized carbons (Fsp3) is 1.00. The highest BCUT2D eigenvalue weighted by Gasteiger charge is 2.26. The van der Waals surface area contributed by atoms with Gasteiger partial charge in [-0.3, -0.25) is 4.90 Å². The molecule has 2 heterocycles. The van der Waals surface area contributed by atoms with Crippen molar-refractivity contribution in [2.45, 2.75) is 38.3 Å². The van der Waals surface area contributed by atoms with Gasteiger partial charge in [-0.1, -0.05) is 6.92 Å². The van der Waals surface area contributed by atoms with Crippen LogP contribution in [0.5, 0.6) is 0 Å². The first-order chi connectivity index (χ1) is 6.90. The van der Waals surface area contributed by atoms with Crippen molar-refractivity contribution >= 4 is 0 Å². The van der Waals surface area contributed by atoms with Gasteiger partial charge in [-0.2, -0.15) is 0 Å². The summed E-state index contributed by atoms with van der Waals surface area (Å²) in [7, 11) is 0. The Labute approximate surface area is 86.8 Å². The lowest BCUT2D eigenvalue weighted by Crippen LogP contribution is -2.51. The van der Waals surface area contributed by atoms with Crippen molar-refractivity contribution in [1.29, 1.82) is 0 Å². The molecular formula is C11H22N2O. The molecule has 2 rings (SSSR count). The van der Waals surface area contributed by atoms with E-state index in [0.29, 0.717) is 6.10 Å². The number of hydrogen-bond acceptors (Lipinski definition) is 3. The van der Waals surface area contributed by atoms with Gasteiger partial charge in [0.15, 0.2) is 0 Å². The van der Waals surface area contributed by atoms with E-state index in [2.05, 4.69) is 17.1 Å². The summed E-state index contributed by atoms with van der Waals surface area (Å²) in [5.41, 5.74) is 0. The Kier molecular flexibility index (Phi) is 3.79. The first-order valence-electron chi connectivity index (χ1n) is 5.96. The van der Waals surface area contributed by atoms with Crippen molar-refractivity contribution in [1.82, 2.24) is 10.2 Å². The molecule has 2 saturated heterocycles. The molecule has 3 nitrogen and oxygen atoms in total. The average Bonchev–Trinajstić information content (AvgIpc) is 2.30. The molecule has 0 amide bonds. The average molecular weight is 198 g/mol. The van der Waals surface area contributed by atoms with Gasteiger partial charge < -0.3 is 10.1 Å². The molecule has 0 aromatic carbocycles. The fourth-order valence-electron chi connectivity index (χ4n) is 2.52. The second kappa shape index (κ2) is 5.10. The molecule has 0 radical (unpaired) electrons. The van der Waals surface area contributed by atoms with Gasteiger partial charge in [-0.25, -0.2) is 0 Å². The minimum Gasteiger partial charge on any atom is -0.378 e. The van der Waals surface area contributed by atoms with Crippen LogP contribution < -0.4 is 5.32 Å². The molecule has 3 heteroatoms. The van der Waals surface area contributed by atoms with Gasteiger partial charge in [0.1, 0.15) is 0 Å². The van der Waals surface area contributed by atoms with E-state index in [1.54, 1.807) is 0 Å². The summed E-state index contributed by atoms with van der Waals surface area (Å²) in [5.74, 6) is 0. The maximum absolute atomic E-state index is 5.71. The molecule has 14 heavy (non-hydrogen) atoms. The summed E-state index contributed by atoms with van der Waals surface area (Å²) in [6.45, 7) is 7.96. The Hall–Kier alpha value is -0.120. The van der Waals surface area contributed by atoms with Crippen LogP contribution in [0.2, 0.25) is 0 Å². The number of rotatable bonds is 2. The largest absolute Gasteiger partial charge is 0.378 e. The van der Waals surface area contributed by atoms with Gasteiger partial charge in [0, 0.05) is 38.8 Å². The van der Waals surface area contributed by atoms with Crippen LogP contribution in [-0.2, 0) is 4.74 Å². The Morgan fingerprint density at radius 2 is 2.14 bits per heavy atom. The molecule has 2 aliphatic rings. The summed E-state index contributed by atoms with van der Waals surface area (Å²) in [6, 6.07) is 0.788. The Bertz CT molecular complexity index is 169. The summed E-state index contributed by atoms with van der Waals surface area (Å²) in [6.07, 6.45) is 4.17. The monoisotopic (exact) mass is 198 g/mol. The normalized spacial score (nSPS) is 35.8. The van der Waals surface area contributed by atoms with Crippen molar-refractivity contribution in [3.8, 4) is 0 Å². The zero-order valence-electron chi connectivity index (χ0n) is 9.17. The molecule has 0 bridgehead atoms. The van der Waals surface area contributed by atoms with Gasteiger partial charge in [-0.15, -0.1) is 0 Å². The predicted octanol–water partition coefficient (Wildman–Crippen LogP) is 0.849.